The van der Waals surface area contributed by atoms with Crippen molar-refractivity contribution in [2.45, 2.75) is 196 Å². The van der Waals surface area contributed by atoms with Crippen molar-refractivity contribution in [3.8, 4) is 0 Å². The fourth-order valence-electron chi connectivity index (χ4n) is 13.8. The molecule has 4 aliphatic carbocycles. The summed E-state index contributed by atoms with van der Waals surface area (Å²) in [6.45, 7) is 8.91. The molecule has 5 saturated heterocycles. The minimum absolute atomic E-state index is 0.0138. The second kappa shape index (κ2) is 17.3. The van der Waals surface area contributed by atoms with Crippen LogP contribution < -0.4 is 0 Å². The van der Waals surface area contributed by atoms with E-state index >= 15 is 0 Å². The normalized spacial score (nSPS) is 57.6. The molecule has 62 heavy (non-hydrogen) atoms. The van der Waals surface area contributed by atoms with E-state index in [-0.39, 0.29) is 23.0 Å². The lowest BCUT2D eigenvalue weighted by atomic mass is 9.47. The Morgan fingerprint density at radius 1 is 0.677 bits per heavy atom. The largest absolute Gasteiger partial charge is 0.394 e. The summed E-state index contributed by atoms with van der Waals surface area (Å²) in [5.74, 6) is 2.62. The molecule has 3 saturated carbocycles. The van der Waals surface area contributed by atoms with E-state index in [1.807, 2.05) is 0 Å². The van der Waals surface area contributed by atoms with Gasteiger partial charge in [0.25, 0.3) is 0 Å². The molecule has 0 bridgehead atoms. The molecule has 5 heterocycles. The first kappa shape index (κ1) is 46.1. The first-order chi connectivity index (χ1) is 29.4. The van der Waals surface area contributed by atoms with Gasteiger partial charge < -0.3 is 89.0 Å². The SMILES string of the molecule is CC1CCC2(OC1)OC1CC3C4CC=C5CC(OC6OC(CO)C(O)C(OC7OC(O)C(OC8OC(CO)C(O)C(O)C8O)C(O)C7O)C6O)CCC5(C)C4CCC3(C)C1C2C. The molecule has 8 fully saturated rings. The minimum atomic E-state index is -2.05. The molecule has 0 radical (unpaired) electrons. The zero-order chi connectivity index (χ0) is 44.2. The lowest BCUT2D eigenvalue weighted by Crippen LogP contribution is -2.66. The van der Waals surface area contributed by atoms with E-state index in [9.17, 15) is 51.1 Å². The van der Waals surface area contributed by atoms with Gasteiger partial charge in [0.15, 0.2) is 30.9 Å². The monoisotopic (exact) mass is 886 g/mol. The van der Waals surface area contributed by atoms with Gasteiger partial charge in [0.2, 0.25) is 0 Å². The molecule has 26 unspecified atom stereocenters. The summed E-state index contributed by atoms with van der Waals surface area (Å²) in [5.41, 5.74) is 1.52. The number of allylic oxidation sites excluding steroid dienone is 1. The van der Waals surface area contributed by atoms with E-state index in [0.29, 0.717) is 48.3 Å². The van der Waals surface area contributed by atoms with E-state index in [2.05, 4.69) is 33.8 Å². The summed E-state index contributed by atoms with van der Waals surface area (Å²) < 4.78 is 47.8. The van der Waals surface area contributed by atoms with Crippen molar-refractivity contribution in [1.29, 1.82) is 0 Å². The lowest BCUT2D eigenvalue weighted by molar-refractivity contribution is -0.401. The minimum Gasteiger partial charge on any atom is -0.394 e. The van der Waals surface area contributed by atoms with E-state index in [1.165, 1.54) is 5.57 Å². The molecule has 18 nitrogen and oxygen atoms in total. The molecule has 18 heteroatoms. The molecule has 10 N–H and O–H groups in total. The molecule has 5 aliphatic heterocycles. The second-order valence-electron chi connectivity index (χ2n) is 20.8. The highest BCUT2D eigenvalue weighted by Gasteiger charge is 2.69. The highest BCUT2D eigenvalue weighted by Crippen LogP contribution is 2.70. The predicted octanol–water partition coefficient (Wildman–Crippen LogP) is -0.856. The first-order valence-electron chi connectivity index (χ1n) is 23.0. The Hall–Kier alpha value is -0.980. The van der Waals surface area contributed by atoms with Crippen LogP contribution in [0.25, 0.3) is 0 Å². The topological polar surface area (TPSA) is 276 Å². The van der Waals surface area contributed by atoms with Crippen LogP contribution in [0.2, 0.25) is 0 Å². The third-order valence-corrected chi connectivity index (χ3v) is 17.4. The fraction of sp³-hybridized carbons (Fsp3) is 0.955. The first-order valence-corrected chi connectivity index (χ1v) is 23.0. The van der Waals surface area contributed by atoms with Crippen molar-refractivity contribution >= 4 is 0 Å². The Labute approximate surface area is 362 Å². The van der Waals surface area contributed by atoms with E-state index in [1.54, 1.807) is 0 Å². The smallest absolute Gasteiger partial charge is 0.189 e. The molecular formula is C44H70O18. The van der Waals surface area contributed by atoms with Crippen LogP contribution in [-0.4, -0.2) is 181 Å². The average Bonchev–Trinajstić information content (AvgIpc) is 3.70. The zero-order valence-corrected chi connectivity index (χ0v) is 36.1. The lowest BCUT2D eigenvalue weighted by Gasteiger charge is -2.58. The third-order valence-electron chi connectivity index (χ3n) is 17.4. The van der Waals surface area contributed by atoms with Crippen molar-refractivity contribution in [3.63, 3.8) is 0 Å². The van der Waals surface area contributed by atoms with Gasteiger partial charge in [-0.15, -0.1) is 0 Å². The fourth-order valence-corrected chi connectivity index (χ4v) is 13.8. The molecule has 9 rings (SSSR count). The van der Waals surface area contributed by atoms with Gasteiger partial charge >= 0.3 is 0 Å². The molecule has 0 amide bonds. The standard InChI is InChI=1S/C44H70O18/c1-18-7-12-44(55-17-18)19(2)28-25(62-44)14-24-22-6-5-20-13-21(8-10-42(20,3)23(22)9-11-43(24,28)4)56-41-35(53)36(30(48)27(16-46)58-41)59-40-34(52)32(50)37(38(54)61-40)60-39-33(51)31(49)29(47)26(15-45)57-39/h5,18-19,21-41,45-54H,6-17H2,1-4H3. The van der Waals surface area contributed by atoms with Gasteiger partial charge in [-0.05, 0) is 91.8 Å². The second-order valence-corrected chi connectivity index (χ2v) is 20.8. The molecule has 1 spiro atoms. The van der Waals surface area contributed by atoms with Crippen LogP contribution in [0.5, 0.6) is 0 Å². The molecule has 0 aromatic heterocycles. The number of ether oxygens (including phenoxy) is 8. The maximum Gasteiger partial charge on any atom is 0.189 e. The quantitative estimate of drug-likeness (QED) is 0.133. The molecule has 0 aromatic rings. The molecule has 354 valence electrons. The Balaban J connectivity index is 0.834. The van der Waals surface area contributed by atoms with Crippen molar-refractivity contribution in [1.82, 2.24) is 0 Å². The Bertz CT molecular complexity index is 1610. The van der Waals surface area contributed by atoms with Crippen LogP contribution in [0.4, 0.5) is 0 Å². The number of aliphatic hydroxyl groups excluding tert-OH is 10. The number of hydrogen-bond donors (Lipinski definition) is 10. The Morgan fingerprint density at radius 2 is 1.34 bits per heavy atom. The number of aliphatic hydroxyl groups is 10. The summed E-state index contributed by atoms with van der Waals surface area (Å²) in [5, 5.41) is 106. The predicted molar refractivity (Wildman–Crippen MR) is 211 cm³/mol. The molecule has 0 aromatic carbocycles. The highest BCUT2D eigenvalue weighted by atomic mass is 16.8. The molecular weight excluding hydrogens is 816 g/mol. The Kier molecular flexibility index (Phi) is 12.9. The van der Waals surface area contributed by atoms with Gasteiger partial charge in [0.1, 0.15) is 67.1 Å². The zero-order valence-electron chi connectivity index (χ0n) is 36.1. The average molecular weight is 887 g/mol. The van der Waals surface area contributed by atoms with Gasteiger partial charge in [0, 0.05) is 12.3 Å². The summed E-state index contributed by atoms with van der Waals surface area (Å²) >= 11 is 0. The summed E-state index contributed by atoms with van der Waals surface area (Å²) in [6, 6.07) is 0. The van der Waals surface area contributed by atoms with Crippen molar-refractivity contribution < 1.29 is 89.0 Å². The number of hydrogen-bond acceptors (Lipinski definition) is 18. The maximum atomic E-state index is 11.6. The van der Waals surface area contributed by atoms with Gasteiger partial charge in [0.05, 0.1) is 32.0 Å². The van der Waals surface area contributed by atoms with Crippen LogP contribution in [0.1, 0.15) is 85.5 Å². The van der Waals surface area contributed by atoms with E-state index in [0.717, 1.165) is 51.6 Å². The van der Waals surface area contributed by atoms with Gasteiger partial charge in [-0.2, -0.15) is 0 Å². The summed E-state index contributed by atoms with van der Waals surface area (Å²) in [7, 11) is 0. The number of rotatable bonds is 8. The molecule has 26 atom stereocenters. The van der Waals surface area contributed by atoms with Crippen molar-refractivity contribution in [2.75, 3.05) is 19.8 Å². The van der Waals surface area contributed by atoms with Crippen LogP contribution in [0, 0.1) is 46.3 Å². The van der Waals surface area contributed by atoms with E-state index in [4.69, 9.17) is 37.9 Å². The van der Waals surface area contributed by atoms with Gasteiger partial charge in [-0.1, -0.05) is 39.3 Å². The summed E-state index contributed by atoms with van der Waals surface area (Å²) in [6.07, 6.45) is -14.7. The van der Waals surface area contributed by atoms with Gasteiger partial charge in [-0.25, -0.2) is 0 Å². The van der Waals surface area contributed by atoms with Gasteiger partial charge in [-0.3, -0.25) is 0 Å². The molecule has 9 aliphatic rings. The maximum absolute atomic E-state index is 11.6. The Morgan fingerprint density at radius 3 is 2.03 bits per heavy atom. The van der Waals surface area contributed by atoms with Crippen molar-refractivity contribution in [3.05, 3.63) is 11.6 Å². The highest BCUT2D eigenvalue weighted by molar-refractivity contribution is 5.26. The van der Waals surface area contributed by atoms with E-state index < -0.39 is 111 Å². The summed E-state index contributed by atoms with van der Waals surface area (Å²) in [4.78, 5) is 0. The van der Waals surface area contributed by atoms with Crippen LogP contribution in [-0.2, 0) is 37.9 Å². The van der Waals surface area contributed by atoms with Crippen LogP contribution in [0.3, 0.4) is 0 Å². The number of fused-ring (bicyclic) bond motifs is 7. The van der Waals surface area contributed by atoms with Crippen LogP contribution in [0.15, 0.2) is 11.6 Å². The van der Waals surface area contributed by atoms with Crippen LogP contribution >= 0.6 is 0 Å². The van der Waals surface area contributed by atoms with Crippen molar-refractivity contribution in [2.24, 2.45) is 46.3 Å². The third kappa shape index (κ3) is 7.48.